The Bertz CT molecular complexity index is 1340. The van der Waals surface area contributed by atoms with Crippen molar-refractivity contribution in [3.8, 4) is 6.07 Å². The average Bonchev–Trinajstić information content (AvgIpc) is 3.02. The highest BCUT2D eigenvalue weighted by molar-refractivity contribution is 7.90. The van der Waals surface area contributed by atoms with Gasteiger partial charge in [-0.2, -0.15) is 5.26 Å². The second-order valence-corrected chi connectivity index (χ2v) is 7.82. The number of aromatic amines is 1. The summed E-state index contributed by atoms with van der Waals surface area (Å²) in [5.74, 6) is 0.865. The van der Waals surface area contributed by atoms with E-state index in [1.54, 1.807) is 55.8 Å². The molecule has 1 aromatic carbocycles. The minimum atomic E-state index is -1.21. The largest absolute Gasteiger partial charge is 0.612 e. The van der Waals surface area contributed by atoms with Crippen molar-refractivity contribution >= 4 is 45.2 Å². The summed E-state index contributed by atoms with van der Waals surface area (Å²) >= 11 is -1.21. The molecule has 0 aliphatic rings. The molecule has 10 heteroatoms. The van der Waals surface area contributed by atoms with Gasteiger partial charge in [0, 0.05) is 13.1 Å². The van der Waals surface area contributed by atoms with E-state index in [2.05, 4.69) is 25.7 Å². The van der Waals surface area contributed by atoms with Crippen LogP contribution in [0.15, 0.2) is 58.2 Å². The van der Waals surface area contributed by atoms with Crippen LogP contribution in [-0.2, 0) is 18.2 Å². The second-order valence-electron chi connectivity index (χ2n) is 6.47. The molecular weight excluding hydrogens is 402 g/mol. The SMILES string of the molecule is Cn1[nH]c2nc(Nc3cccc(C#N)n3)cc(Nc3ccccc3[S+](C)[O-])c2c1=O. The molecule has 0 fully saturated rings. The molecule has 3 N–H and O–H groups in total. The van der Waals surface area contributed by atoms with Crippen molar-refractivity contribution < 1.29 is 4.55 Å². The molecule has 0 radical (unpaired) electrons. The minimum absolute atomic E-state index is 0.244. The van der Waals surface area contributed by atoms with Crippen LogP contribution in [0.5, 0.6) is 0 Å². The van der Waals surface area contributed by atoms with Crippen LogP contribution >= 0.6 is 0 Å². The molecular formula is C20H17N7O2S. The number of rotatable bonds is 5. The maximum Gasteiger partial charge on any atom is 0.277 e. The van der Waals surface area contributed by atoms with Crippen molar-refractivity contribution in [3.05, 3.63) is 64.6 Å². The van der Waals surface area contributed by atoms with Gasteiger partial charge >= 0.3 is 0 Å². The highest BCUT2D eigenvalue weighted by atomic mass is 32.2. The molecule has 30 heavy (non-hydrogen) atoms. The maximum atomic E-state index is 12.6. The fourth-order valence-corrected chi connectivity index (χ4v) is 3.74. The van der Waals surface area contributed by atoms with Crippen LogP contribution < -0.4 is 16.2 Å². The molecule has 4 aromatic rings. The van der Waals surface area contributed by atoms with Gasteiger partial charge in [0.2, 0.25) is 0 Å². The van der Waals surface area contributed by atoms with Gasteiger partial charge in [0.05, 0.1) is 11.4 Å². The van der Waals surface area contributed by atoms with Crippen LogP contribution in [0.2, 0.25) is 0 Å². The van der Waals surface area contributed by atoms with Crippen LogP contribution in [0.25, 0.3) is 11.0 Å². The summed E-state index contributed by atoms with van der Waals surface area (Å²) in [6.45, 7) is 0. The summed E-state index contributed by atoms with van der Waals surface area (Å²) in [7, 11) is 1.61. The summed E-state index contributed by atoms with van der Waals surface area (Å²) in [6, 6.07) is 15.9. The fourth-order valence-electron chi connectivity index (χ4n) is 3.05. The van der Waals surface area contributed by atoms with Gasteiger partial charge in [-0.3, -0.25) is 14.6 Å². The summed E-state index contributed by atoms with van der Waals surface area (Å²) in [6.07, 6.45) is 1.60. The third-order valence-corrected chi connectivity index (χ3v) is 5.37. The third kappa shape index (κ3) is 3.71. The predicted molar refractivity (Wildman–Crippen MR) is 116 cm³/mol. The molecule has 0 saturated heterocycles. The normalized spacial score (nSPS) is 11.8. The number of aryl methyl sites for hydroxylation is 1. The quantitative estimate of drug-likeness (QED) is 0.423. The van der Waals surface area contributed by atoms with Gasteiger partial charge < -0.3 is 15.2 Å². The molecule has 0 aliphatic carbocycles. The highest BCUT2D eigenvalue weighted by Gasteiger charge is 2.17. The van der Waals surface area contributed by atoms with Crippen molar-refractivity contribution in [2.24, 2.45) is 7.05 Å². The van der Waals surface area contributed by atoms with E-state index in [4.69, 9.17) is 5.26 Å². The lowest BCUT2D eigenvalue weighted by Gasteiger charge is -2.13. The van der Waals surface area contributed by atoms with Crippen molar-refractivity contribution in [2.75, 3.05) is 16.9 Å². The molecule has 0 bridgehead atoms. The molecule has 0 spiro atoms. The Morgan fingerprint density at radius 3 is 2.67 bits per heavy atom. The fraction of sp³-hybridized carbons (Fsp3) is 0.100. The molecule has 1 unspecified atom stereocenters. The average molecular weight is 419 g/mol. The molecule has 3 heterocycles. The maximum absolute atomic E-state index is 12.6. The lowest BCUT2D eigenvalue weighted by molar-refractivity contribution is 0.601. The highest BCUT2D eigenvalue weighted by Crippen LogP contribution is 2.30. The number of hydrogen-bond acceptors (Lipinski definition) is 7. The number of fused-ring (bicyclic) bond motifs is 1. The van der Waals surface area contributed by atoms with Crippen LogP contribution in [0.4, 0.5) is 23.0 Å². The number of para-hydroxylation sites is 1. The van der Waals surface area contributed by atoms with Gasteiger partial charge in [0.15, 0.2) is 10.5 Å². The van der Waals surface area contributed by atoms with E-state index in [0.717, 1.165) is 0 Å². The number of anilines is 4. The Kier molecular flexibility index (Phi) is 5.14. The van der Waals surface area contributed by atoms with E-state index in [0.29, 0.717) is 38.9 Å². The van der Waals surface area contributed by atoms with E-state index in [1.807, 2.05) is 12.1 Å². The number of nitrogens with zero attached hydrogens (tertiary/aromatic N) is 4. The first-order chi connectivity index (χ1) is 14.5. The number of nitrogens with one attached hydrogen (secondary N) is 3. The van der Waals surface area contributed by atoms with Crippen LogP contribution in [0, 0.1) is 11.3 Å². The number of benzene rings is 1. The smallest absolute Gasteiger partial charge is 0.277 e. The van der Waals surface area contributed by atoms with Crippen LogP contribution in [0.3, 0.4) is 0 Å². The zero-order valence-corrected chi connectivity index (χ0v) is 16.9. The molecule has 1 atom stereocenters. The lowest BCUT2D eigenvalue weighted by atomic mass is 10.2. The zero-order chi connectivity index (χ0) is 21.3. The topological polar surface area (TPSA) is 134 Å². The van der Waals surface area contributed by atoms with Gasteiger partial charge in [-0.1, -0.05) is 18.2 Å². The van der Waals surface area contributed by atoms with E-state index in [1.165, 1.54) is 4.68 Å². The molecule has 4 rings (SSSR count). The number of H-pyrrole nitrogens is 1. The Labute approximate surface area is 174 Å². The Morgan fingerprint density at radius 1 is 1.10 bits per heavy atom. The van der Waals surface area contributed by atoms with E-state index < -0.39 is 11.2 Å². The van der Waals surface area contributed by atoms with Crippen LogP contribution in [-0.4, -0.2) is 30.6 Å². The van der Waals surface area contributed by atoms with Crippen LogP contribution in [0.1, 0.15) is 5.69 Å². The summed E-state index contributed by atoms with van der Waals surface area (Å²) in [5.41, 5.74) is 1.53. The van der Waals surface area contributed by atoms with Gasteiger partial charge in [-0.25, -0.2) is 9.97 Å². The Balaban J connectivity index is 1.82. The van der Waals surface area contributed by atoms with Crippen molar-refractivity contribution in [2.45, 2.75) is 4.90 Å². The first-order valence-electron chi connectivity index (χ1n) is 8.89. The van der Waals surface area contributed by atoms with E-state index in [9.17, 15) is 9.35 Å². The summed E-state index contributed by atoms with van der Waals surface area (Å²) in [5, 5.41) is 18.6. The summed E-state index contributed by atoms with van der Waals surface area (Å²) in [4.78, 5) is 21.9. The first-order valence-corrected chi connectivity index (χ1v) is 10.5. The third-order valence-electron chi connectivity index (χ3n) is 4.40. The first kappa shape index (κ1) is 19.5. The molecule has 150 valence electrons. The standard InChI is InChI=1S/C20H17N7O2S/c1-27-20(28)18-14(23-13-7-3-4-8-15(13)30(2)29)10-17(25-19(18)26-27)24-16-9-5-6-12(11-21)22-16/h3-10H,1-2H3,(H3,22,23,24,25,26). The minimum Gasteiger partial charge on any atom is -0.612 e. The Morgan fingerprint density at radius 2 is 1.90 bits per heavy atom. The second kappa shape index (κ2) is 7.90. The van der Waals surface area contributed by atoms with Gasteiger partial charge in [0.1, 0.15) is 35.0 Å². The molecule has 9 nitrogen and oxygen atoms in total. The number of aromatic nitrogens is 4. The van der Waals surface area contributed by atoms with E-state index >= 15 is 0 Å². The van der Waals surface area contributed by atoms with Gasteiger partial charge in [-0.15, -0.1) is 0 Å². The number of nitriles is 1. The summed E-state index contributed by atoms with van der Waals surface area (Å²) < 4.78 is 13.4. The van der Waals surface area contributed by atoms with Gasteiger partial charge in [-0.05, 0) is 35.4 Å². The van der Waals surface area contributed by atoms with Crippen molar-refractivity contribution in [1.29, 1.82) is 5.26 Å². The monoisotopic (exact) mass is 419 g/mol. The van der Waals surface area contributed by atoms with Crippen molar-refractivity contribution in [3.63, 3.8) is 0 Å². The molecule has 3 aromatic heterocycles. The lowest BCUT2D eigenvalue weighted by Crippen LogP contribution is -2.12. The number of hydrogen-bond donors (Lipinski definition) is 3. The molecule has 0 saturated carbocycles. The van der Waals surface area contributed by atoms with Crippen molar-refractivity contribution in [1.82, 2.24) is 19.7 Å². The predicted octanol–water partition coefficient (Wildman–Crippen LogP) is 2.75. The number of pyridine rings is 2. The zero-order valence-electron chi connectivity index (χ0n) is 16.1. The molecule has 0 aliphatic heterocycles. The van der Waals surface area contributed by atoms with E-state index in [-0.39, 0.29) is 11.3 Å². The Hall–Kier alpha value is -3.81. The van der Waals surface area contributed by atoms with Gasteiger partial charge in [0.25, 0.3) is 5.56 Å². The molecule has 0 amide bonds.